The summed E-state index contributed by atoms with van der Waals surface area (Å²) in [6, 6.07) is 9.43. The Bertz CT molecular complexity index is 773. The highest BCUT2D eigenvalue weighted by Crippen LogP contribution is 2.53. The molecule has 126 valence electrons. The number of carbonyl (C=O) groups is 2. The fraction of sp³-hybridized carbons (Fsp3) is 0.450. The molecule has 0 atom stereocenters. The highest BCUT2D eigenvalue weighted by molar-refractivity contribution is 6.39. The van der Waals surface area contributed by atoms with Crippen LogP contribution in [0.15, 0.2) is 46.5 Å². The SMILES string of the molecule is CC(C)(C)C1(C(C)(C)C)NC(=O)C2=C1C(=O)N=C2c1ccccc1. The van der Waals surface area contributed by atoms with E-state index < -0.39 is 5.54 Å². The molecule has 4 nitrogen and oxygen atoms in total. The molecular formula is C20H24N2O2. The molecule has 0 aromatic heterocycles. The van der Waals surface area contributed by atoms with Gasteiger partial charge < -0.3 is 5.32 Å². The predicted octanol–water partition coefficient (Wildman–Crippen LogP) is 3.27. The monoisotopic (exact) mass is 324 g/mol. The largest absolute Gasteiger partial charge is 0.341 e. The molecule has 0 spiro atoms. The molecule has 0 aliphatic carbocycles. The molecule has 0 fully saturated rings. The van der Waals surface area contributed by atoms with E-state index in [0.717, 1.165) is 5.56 Å². The van der Waals surface area contributed by atoms with Crippen molar-refractivity contribution in [2.24, 2.45) is 15.8 Å². The number of nitrogens with zero attached hydrogens (tertiary/aromatic N) is 1. The maximum atomic E-state index is 12.9. The Labute approximate surface area is 143 Å². The lowest BCUT2D eigenvalue weighted by molar-refractivity contribution is -0.120. The summed E-state index contributed by atoms with van der Waals surface area (Å²) in [6.07, 6.45) is 0. The van der Waals surface area contributed by atoms with Gasteiger partial charge in [0.05, 0.1) is 22.4 Å². The molecule has 24 heavy (non-hydrogen) atoms. The number of hydrogen-bond donors (Lipinski definition) is 1. The van der Waals surface area contributed by atoms with Crippen LogP contribution >= 0.6 is 0 Å². The van der Waals surface area contributed by atoms with Crippen molar-refractivity contribution < 1.29 is 9.59 Å². The van der Waals surface area contributed by atoms with E-state index >= 15 is 0 Å². The van der Waals surface area contributed by atoms with Crippen molar-refractivity contribution in [1.29, 1.82) is 0 Å². The van der Waals surface area contributed by atoms with Crippen molar-refractivity contribution in [3.05, 3.63) is 47.0 Å². The number of rotatable bonds is 1. The predicted molar refractivity (Wildman–Crippen MR) is 94.8 cm³/mol. The first kappa shape index (κ1) is 16.6. The summed E-state index contributed by atoms with van der Waals surface area (Å²) in [7, 11) is 0. The summed E-state index contributed by atoms with van der Waals surface area (Å²) in [5.74, 6) is -0.504. The average molecular weight is 324 g/mol. The van der Waals surface area contributed by atoms with Crippen LogP contribution in [0.1, 0.15) is 47.1 Å². The van der Waals surface area contributed by atoms with Crippen LogP contribution in [0.4, 0.5) is 0 Å². The van der Waals surface area contributed by atoms with Crippen molar-refractivity contribution in [1.82, 2.24) is 5.32 Å². The minimum atomic E-state index is -0.760. The third kappa shape index (κ3) is 2.02. The Kier molecular flexibility index (Phi) is 3.38. The fourth-order valence-electron chi connectivity index (χ4n) is 4.36. The molecule has 2 aliphatic heterocycles. The number of aliphatic imine (C=N–C) groups is 1. The van der Waals surface area contributed by atoms with Crippen LogP contribution in [0.25, 0.3) is 0 Å². The van der Waals surface area contributed by atoms with Gasteiger partial charge in [-0.05, 0) is 10.8 Å². The van der Waals surface area contributed by atoms with Gasteiger partial charge in [0.1, 0.15) is 0 Å². The molecule has 2 heterocycles. The van der Waals surface area contributed by atoms with Crippen LogP contribution in [0.3, 0.4) is 0 Å². The standard InChI is InChI=1S/C20H24N2O2/c1-18(2,3)20(19(4,5)6)14-13(16(23)22-20)15(21-17(14)24)12-10-8-7-9-11-12/h7-11H,1-6H3,(H,22,23). The van der Waals surface area contributed by atoms with Gasteiger partial charge in [0.15, 0.2) is 0 Å². The lowest BCUT2D eigenvalue weighted by Gasteiger charge is -2.51. The molecule has 0 unspecified atom stereocenters. The average Bonchev–Trinajstić information content (AvgIpc) is 2.97. The highest BCUT2D eigenvalue weighted by Gasteiger charge is 2.62. The van der Waals surface area contributed by atoms with Gasteiger partial charge in [0.25, 0.3) is 11.8 Å². The number of amides is 2. The molecular weight excluding hydrogens is 300 g/mol. The maximum absolute atomic E-state index is 12.9. The summed E-state index contributed by atoms with van der Waals surface area (Å²) in [5, 5.41) is 3.16. The first-order valence-electron chi connectivity index (χ1n) is 8.27. The van der Waals surface area contributed by atoms with Crippen LogP contribution in [-0.4, -0.2) is 23.1 Å². The lowest BCUT2D eigenvalue weighted by atomic mass is 9.57. The molecule has 2 amide bonds. The zero-order chi connectivity index (χ0) is 17.9. The molecule has 1 aromatic carbocycles. The Morgan fingerprint density at radius 2 is 1.46 bits per heavy atom. The third-order valence-electron chi connectivity index (χ3n) is 5.11. The molecule has 1 N–H and O–H groups in total. The molecule has 0 radical (unpaired) electrons. The molecule has 1 aromatic rings. The van der Waals surface area contributed by atoms with Gasteiger partial charge in [-0.15, -0.1) is 0 Å². The number of carbonyl (C=O) groups excluding carboxylic acids is 2. The second kappa shape index (κ2) is 4.88. The van der Waals surface area contributed by atoms with E-state index in [4.69, 9.17) is 0 Å². The molecule has 0 saturated carbocycles. The summed E-state index contributed by atoms with van der Waals surface area (Å²) >= 11 is 0. The van der Waals surface area contributed by atoms with Gasteiger partial charge in [-0.25, -0.2) is 4.99 Å². The minimum Gasteiger partial charge on any atom is -0.341 e. The van der Waals surface area contributed by atoms with Gasteiger partial charge in [0.2, 0.25) is 0 Å². The summed E-state index contributed by atoms with van der Waals surface area (Å²) < 4.78 is 0. The normalized spacial score (nSPS) is 20.2. The lowest BCUT2D eigenvalue weighted by Crippen LogP contribution is -2.63. The summed E-state index contributed by atoms with van der Waals surface area (Å²) in [6.45, 7) is 12.3. The number of hydrogen-bond acceptors (Lipinski definition) is 2. The summed E-state index contributed by atoms with van der Waals surface area (Å²) in [4.78, 5) is 30.0. The van der Waals surface area contributed by atoms with Crippen molar-refractivity contribution >= 4 is 17.5 Å². The molecule has 0 bridgehead atoms. The third-order valence-corrected chi connectivity index (χ3v) is 5.11. The van der Waals surface area contributed by atoms with E-state index in [-0.39, 0.29) is 22.6 Å². The van der Waals surface area contributed by atoms with Crippen molar-refractivity contribution in [2.45, 2.75) is 47.1 Å². The second-order valence-corrected chi connectivity index (χ2v) is 8.59. The maximum Gasteiger partial charge on any atom is 0.276 e. The number of benzene rings is 1. The Morgan fingerprint density at radius 1 is 0.917 bits per heavy atom. The zero-order valence-corrected chi connectivity index (χ0v) is 15.2. The molecule has 2 aliphatic rings. The van der Waals surface area contributed by atoms with E-state index in [1.165, 1.54) is 0 Å². The van der Waals surface area contributed by atoms with Crippen LogP contribution in [0.2, 0.25) is 0 Å². The van der Waals surface area contributed by atoms with Crippen molar-refractivity contribution in [2.75, 3.05) is 0 Å². The minimum absolute atomic E-state index is 0.205. The van der Waals surface area contributed by atoms with Gasteiger partial charge >= 0.3 is 0 Å². The topological polar surface area (TPSA) is 58.5 Å². The molecule has 0 saturated heterocycles. The van der Waals surface area contributed by atoms with Crippen molar-refractivity contribution in [3.63, 3.8) is 0 Å². The zero-order valence-electron chi connectivity index (χ0n) is 15.2. The molecule has 4 heteroatoms. The number of nitrogens with one attached hydrogen (secondary N) is 1. The first-order valence-corrected chi connectivity index (χ1v) is 8.27. The van der Waals surface area contributed by atoms with E-state index in [0.29, 0.717) is 16.9 Å². The van der Waals surface area contributed by atoms with Gasteiger partial charge in [0, 0.05) is 5.56 Å². The Balaban J connectivity index is 2.28. The Hall–Kier alpha value is -2.23. The Morgan fingerprint density at radius 3 is 1.96 bits per heavy atom. The van der Waals surface area contributed by atoms with Gasteiger partial charge in [-0.1, -0.05) is 71.9 Å². The van der Waals surface area contributed by atoms with E-state index in [9.17, 15) is 9.59 Å². The van der Waals surface area contributed by atoms with E-state index in [2.05, 4.69) is 51.9 Å². The van der Waals surface area contributed by atoms with Gasteiger partial charge in [-0.2, -0.15) is 0 Å². The van der Waals surface area contributed by atoms with Crippen LogP contribution in [0, 0.1) is 10.8 Å². The van der Waals surface area contributed by atoms with Gasteiger partial charge in [-0.3, -0.25) is 9.59 Å². The first-order chi connectivity index (χ1) is 11.0. The van der Waals surface area contributed by atoms with E-state index in [1.54, 1.807) is 0 Å². The highest BCUT2D eigenvalue weighted by atomic mass is 16.2. The van der Waals surface area contributed by atoms with E-state index in [1.807, 2.05) is 30.3 Å². The smallest absolute Gasteiger partial charge is 0.276 e. The van der Waals surface area contributed by atoms with Crippen molar-refractivity contribution in [3.8, 4) is 0 Å². The quantitative estimate of drug-likeness (QED) is 0.862. The fourth-order valence-corrected chi connectivity index (χ4v) is 4.36. The van der Waals surface area contributed by atoms with Crippen LogP contribution in [-0.2, 0) is 9.59 Å². The molecule has 3 rings (SSSR count). The second-order valence-electron chi connectivity index (χ2n) is 8.59. The summed E-state index contributed by atoms with van der Waals surface area (Å²) in [5.41, 5.74) is 0.809. The van der Waals surface area contributed by atoms with Crippen LogP contribution in [0.5, 0.6) is 0 Å². The van der Waals surface area contributed by atoms with Crippen LogP contribution < -0.4 is 5.32 Å².